The van der Waals surface area contributed by atoms with Crippen LogP contribution in [-0.2, 0) is 4.79 Å². The molecule has 0 aliphatic heterocycles. The van der Waals surface area contributed by atoms with Crippen LogP contribution >= 0.6 is 0 Å². The number of amides is 2. The molecular weight excluding hydrogens is 222 g/mol. The summed E-state index contributed by atoms with van der Waals surface area (Å²) in [5, 5.41) is 11.3. The molecular formula is C11H21N3O3. The van der Waals surface area contributed by atoms with Crippen LogP contribution in [0, 0.1) is 0 Å². The number of carboxylic acid groups (broad SMARTS) is 1. The number of hydrogen-bond donors (Lipinski definition) is 2. The molecule has 1 saturated carbocycles. The SMILES string of the molecule is CC(CNC(=O)N(C)CC(=O)O)N(C)C1CC1. The van der Waals surface area contributed by atoms with Crippen molar-refractivity contribution in [3.8, 4) is 0 Å². The van der Waals surface area contributed by atoms with E-state index in [9.17, 15) is 9.59 Å². The lowest BCUT2D eigenvalue weighted by Crippen LogP contribution is -2.46. The van der Waals surface area contributed by atoms with Gasteiger partial charge >= 0.3 is 12.0 Å². The summed E-state index contributed by atoms with van der Waals surface area (Å²) < 4.78 is 0. The van der Waals surface area contributed by atoms with Gasteiger partial charge in [0.1, 0.15) is 6.54 Å². The van der Waals surface area contributed by atoms with Crippen molar-refractivity contribution in [3.63, 3.8) is 0 Å². The highest BCUT2D eigenvalue weighted by Crippen LogP contribution is 2.26. The van der Waals surface area contributed by atoms with Crippen LogP contribution in [-0.4, -0.2) is 66.2 Å². The minimum atomic E-state index is -1.01. The van der Waals surface area contributed by atoms with Crippen molar-refractivity contribution in [2.24, 2.45) is 0 Å². The van der Waals surface area contributed by atoms with Crippen LogP contribution in [0.15, 0.2) is 0 Å². The molecule has 0 aromatic rings. The van der Waals surface area contributed by atoms with Gasteiger partial charge in [-0.2, -0.15) is 0 Å². The zero-order valence-electron chi connectivity index (χ0n) is 10.6. The molecule has 6 nitrogen and oxygen atoms in total. The summed E-state index contributed by atoms with van der Waals surface area (Å²) in [5.41, 5.74) is 0. The third-order valence-electron chi connectivity index (χ3n) is 3.09. The Morgan fingerprint density at radius 3 is 2.47 bits per heavy atom. The van der Waals surface area contributed by atoms with E-state index >= 15 is 0 Å². The van der Waals surface area contributed by atoms with Gasteiger partial charge in [-0.05, 0) is 26.8 Å². The van der Waals surface area contributed by atoms with Crippen molar-refractivity contribution >= 4 is 12.0 Å². The predicted octanol–water partition coefficient (Wildman–Crippen LogP) is 0.195. The van der Waals surface area contributed by atoms with E-state index in [1.165, 1.54) is 19.9 Å². The molecule has 0 heterocycles. The number of carbonyl (C=O) groups excluding carboxylic acids is 1. The summed E-state index contributed by atoms with van der Waals surface area (Å²) in [6.07, 6.45) is 2.46. The maximum absolute atomic E-state index is 11.5. The van der Waals surface area contributed by atoms with E-state index in [1.54, 1.807) is 0 Å². The summed E-state index contributed by atoms with van der Waals surface area (Å²) in [5.74, 6) is -1.01. The molecule has 0 spiro atoms. The molecule has 0 aromatic carbocycles. The Kier molecular flexibility index (Phi) is 4.74. The molecule has 98 valence electrons. The number of nitrogens with zero attached hydrogens (tertiary/aromatic N) is 2. The van der Waals surface area contributed by atoms with Gasteiger partial charge in [0.05, 0.1) is 0 Å². The molecule has 2 N–H and O–H groups in total. The van der Waals surface area contributed by atoms with E-state index in [0.29, 0.717) is 12.6 Å². The van der Waals surface area contributed by atoms with Crippen molar-refractivity contribution in [2.75, 3.05) is 27.2 Å². The van der Waals surface area contributed by atoms with Gasteiger partial charge < -0.3 is 15.3 Å². The van der Waals surface area contributed by atoms with Gasteiger partial charge in [-0.15, -0.1) is 0 Å². The molecule has 17 heavy (non-hydrogen) atoms. The number of likely N-dealkylation sites (N-methyl/N-ethyl adjacent to an activating group) is 2. The Morgan fingerprint density at radius 1 is 1.41 bits per heavy atom. The van der Waals surface area contributed by atoms with E-state index in [1.807, 2.05) is 0 Å². The molecule has 0 radical (unpaired) electrons. The lowest BCUT2D eigenvalue weighted by Gasteiger charge is -2.25. The normalized spacial score (nSPS) is 16.7. The fourth-order valence-electron chi connectivity index (χ4n) is 1.63. The summed E-state index contributed by atoms with van der Waals surface area (Å²) in [6, 6.07) is 0.576. The quantitative estimate of drug-likeness (QED) is 0.698. The van der Waals surface area contributed by atoms with E-state index in [-0.39, 0.29) is 18.6 Å². The van der Waals surface area contributed by atoms with Crippen LogP contribution in [0.1, 0.15) is 19.8 Å². The average Bonchev–Trinajstić information content (AvgIpc) is 3.06. The van der Waals surface area contributed by atoms with E-state index < -0.39 is 5.97 Å². The monoisotopic (exact) mass is 243 g/mol. The minimum absolute atomic E-state index is 0.268. The fourth-order valence-corrected chi connectivity index (χ4v) is 1.63. The lowest BCUT2D eigenvalue weighted by atomic mass is 10.3. The number of hydrogen-bond acceptors (Lipinski definition) is 3. The molecule has 1 atom stereocenters. The Bertz CT molecular complexity index is 292. The zero-order chi connectivity index (χ0) is 13.0. The second-order valence-corrected chi connectivity index (χ2v) is 4.68. The van der Waals surface area contributed by atoms with Crippen molar-refractivity contribution < 1.29 is 14.7 Å². The highest BCUT2D eigenvalue weighted by Gasteiger charge is 2.29. The third kappa shape index (κ3) is 4.60. The van der Waals surface area contributed by atoms with E-state index in [4.69, 9.17) is 5.11 Å². The first-order valence-electron chi connectivity index (χ1n) is 5.84. The van der Waals surface area contributed by atoms with Crippen LogP contribution in [0.5, 0.6) is 0 Å². The van der Waals surface area contributed by atoms with Crippen molar-refractivity contribution in [1.29, 1.82) is 0 Å². The number of nitrogens with one attached hydrogen (secondary N) is 1. The average molecular weight is 243 g/mol. The first kappa shape index (κ1) is 13.8. The number of carboxylic acids is 1. The van der Waals surface area contributed by atoms with Crippen LogP contribution < -0.4 is 5.32 Å². The lowest BCUT2D eigenvalue weighted by molar-refractivity contribution is -0.137. The smallest absolute Gasteiger partial charge is 0.323 e. The highest BCUT2D eigenvalue weighted by atomic mass is 16.4. The number of carbonyl (C=O) groups is 2. The second-order valence-electron chi connectivity index (χ2n) is 4.68. The van der Waals surface area contributed by atoms with Crippen LogP contribution in [0.2, 0.25) is 0 Å². The molecule has 1 aliphatic carbocycles. The molecule has 1 aliphatic rings. The van der Waals surface area contributed by atoms with Crippen molar-refractivity contribution in [3.05, 3.63) is 0 Å². The van der Waals surface area contributed by atoms with E-state index in [2.05, 4.69) is 24.2 Å². The van der Waals surface area contributed by atoms with Gasteiger partial charge in [0.25, 0.3) is 0 Å². The Hall–Kier alpha value is -1.30. The molecule has 0 saturated heterocycles. The zero-order valence-corrected chi connectivity index (χ0v) is 10.6. The molecule has 0 bridgehead atoms. The van der Waals surface area contributed by atoms with E-state index in [0.717, 1.165) is 4.90 Å². The van der Waals surface area contributed by atoms with Crippen molar-refractivity contribution in [1.82, 2.24) is 15.1 Å². The molecule has 1 unspecified atom stereocenters. The summed E-state index contributed by atoms with van der Waals surface area (Å²) in [7, 11) is 3.52. The topological polar surface area (TPSA) is 72.9 Å². The number of rotatable bonds is 6. The molecule has 1 fully saturated rings. The number of aliphatic carboxylic acids is 1. The van der Waals surface area contributed by atoms with Gasteiger partial charge in [0, 0.05) is 25.7 Å². The largest absolute Gasteiger partial charge is 0.480 e. The Labute approximate surface area is 102 Å². The second kappa shape index (κ2) is 5.86. The first-order valence-corrected chi connectivity index (χ1v) is 5.84. The summed E-state index contributed by atoms with van der Waals surface area (Å²) >= 11 is 0. The van der Waals surface area contributed by atoms with Gasteiger partial charge in [0.15, 0.2) is 0 Å². The predicted molar refractivity (Wildman–Crippen MR) is 63.9 cm³/mol. The highest BCUT2D eigenvalue weighted by molar-refractivity contribution is 5.79. The van der Waals surface area contributed by atoms with Crippen LogP contribution in [0.3, 0.4) is 0 Å². The Balaban J connectivity index is 2.24. The maximum atomic E-state index is 11.5. The Morgan fingerprint density at radius 2 is 2.00 bits per heavy atom. The molecule has 1 rings (SSSR count). The van der Waals surface area contributed by atoms with Gasteiger partial charge in [-0.25, -0.2) is 4.79 Å². The fraction of sp³-hybridized carbons (Fsp3) is 0.818. The standard InChI is InChI=1S/C11H21N3O3/c1-8(14(3)9-4-5-9)6-12-11(17)13(2)7-10(15)16/h8-9H,4-7H2,1-3H3,(H,12,17)(H,15,16). The van der Waals surface area contributed by atoms with Gasteiger partial charge in [-0.3, -0.25) is 9.69 Å². The summed E-state index contributed by atoms with van der Waals surface area (Å²) in [4.78, 5) is 25.4. The molecule has 6 heteroatoms. The minimum Gasteiger partial charge on any atom is -0.480 e. The van der Waals surface area contributed by atoms with Gasteiger partial charge in [-0.1, -0.05) is 0 Å². The van der Waals surface area contributed by atoms with Crippen LogP contribution in [0.25, 0.3) is 0 Å². The van der Waals surface area contributed by atoms with Crippen LogP contribution in [0.4, 0.5) is 4.79 Å². The molecule has 2 amide bonds. The molecule has 0 aromatic heterocycles. The van der Waals surface area contributed by atoms with Crippen molar-refractivity contribution in [2.45, 2.75) is 31.8 Å². The maximum Gasteiger partial charge on any atom is 0.323 e. The number of urea groups is 1. The first-order chi connectivity index (χ1) is 7.91. The third-order valence-corrected chi connectivity index (χ3v) is 3.09. The van der Waals surface area contributed by atoms with Gasteiger partial charge in [0.2, 0.25) is 0 Å². The summed E-state index contributed by atoms with van der Waals surface area (Å²) in [6.45, 7) is 2.31.